The van der Waals surface area contributed by atoms with Gasteiger partial charge in [0.05, 0.1) is 4.92 Å². The molecule has 0 radical (unpaired) electrons. The Kier molecular flexibility index (Phi) is 6.14. The SMILES string of the molecule is CCCNc1ncc([N+](=O)[O-])c(NC(C)CC(C)C)n1. The van der Waals surface area contributed by atoms with Gasteiger partial charge in [0.25, 0.3) is 0 Å². The zero-order valence-electron chi connectivity index (χ0n) is 12.5. The summed E-state index contributed by atoms with van der Waals surface area (Å²) in [5.74, 6) is 1.20. The van der Waals surface area contributed by atoms with E-state index in [0.717, 1.165) is 19.4 Å². The van der Waals surface area contributed by atoms with E-state index in [0.29, 0.717) is 11.9 Å². The molecule has 0 saturated heterocycles. The maximum Gasteiger partial charge on any atom is 0.329 e. The van der Waals surface area contributed by atoms with Crippen LogP contribution in [0.3, 0.4) is 0 Å². The van der Waals surface area contributed by atoms with Gasteiger partial charge in [-0.1, -0.05) is 20.8 Å². The highest BCUT2D eigenvalue weighted by Crippen LogP contribution is 2.23. The van der Waals surface area contributed by atoms with Gasteiger partial charge in [-0.2, -0.15) is 4.98 Å². The molecule has 0 aliphatic carbocycles. The van der Waals surface area contributed by atoms with Crippen LogP contribution in [-0.4, -0.2) is 27.5 Å². The molecule has 0 aliphatic rings. The molecule has 1 aromatic rings. The lowest BCUT2D eigenvalue weighted by Gasteiger charge is -2.16. The van der Waals surface area contributed by atoms with E-state index in [4.69, 9.17) is 0 Å². The van der Waals surface area contributed by atoms with Crippen LogP contribution in [0, 0.1) is 16.0 Å². The minimum Gasteiger partial charge on any atom is -0.362 e. The number of anilines is 2. The predicted molar refractivity (Wildman–Crippen MR) is 80.0 cm³/mol. The van der Waals surface area contributed by atoms with Gasteiger partial charge in [0, 0.05) is 12.6 Å². The van der Waals surface area contributed by atoms with Crippen LogP contribution in [0.4, 0.5) is 17.5 Å². The molecule has 7 heteroatoms. The van der Waals surface area contributed by atoms with Crippen LogP contribution >= 0.6 is 0 Å². The Hall–Kier alpha value is -1.92. The van der Waals surface area contributed by atoms with Gasteiger partial charge in [0.1, 0.15) is 6.20 Å². The van der Waals surface area contributed by atoms with Crippen LogP contribution in [0.25, 0.3) is 0 Å². The molecular formula is C13H23N5O2. The molecule has 0 saturated carbocycles. The third kappa shape index (κ3) is 4.99. The zero-order chi connectivity index (χ0) is 15.1. The molecular weight excluding hydrogens is 258 g/mol. The van der Waals surface area contributed by atoms with Crippen molar-refractivity contribution in [3.8, 4) is 0 Å². The van der Waals surface area contributed by atoms with Crippen LogP contribution in [-0.2, 0) is 0 Å². The van der Waals surface area contributed by atoms with E-state index in [2.05, 4.69) is 34.4 Å². The predicted octanol–water partition coefficient (Wildman–Crippen LogP) is 3.05. The summed E-state index contributed by atoms with van der Waals surface area (Å²) in [6.45, 7) is 8.98. The Bertz CT molecular complexity index is 450. The smallest absolute Gasteiger partial charge is 0.329 e. The van der Waals surface area contributed by atoms with Crippen molar-refractivity contribution in [3.05, 3.63) is 16.3 Å². The zero-order valence-corrected chi connectivity index (χ0v) is 12.5. The van der Waals surface area contributed by atoms with Crippen molar-refractivity contribution in [2.24, 2.45) is 5.92 Å². The van der Waals surface area contributed by atoms with Gasteiger partial charge in [0.2, 0.25) is 11.8 Å². The number of rotatable bonds is 8. The molecule has 20 heavy (non-hydrogen) atoms. The fourth-order valence-electron chi connectivity index (χ4n) is 1.94. The lowest BCUT2D eigenvalue weighted by molar-refractivity contribution is -0.384. The Morgan fingerprint density at radius 3 is 2.65 bits per heavy atom. The summed E-state index contributed by atoms with van der Waals surface area (Å²) in [4.78, 5) is 18.7. The van der Waals surface area contributed by atoms with Crippen LogP contribution in [0.15, 0.2) is 6.20 Å². The first-order chi connectivity index (χ1) is 9.43. The molecule has 112 valence electrons. The molecule has 0 aromatic carbocycles. The first-order valence-corrected chi connectivity index (χ1v) is 6.95. The summed E-state index contributed by atoms with van der Waals surface area (Å²) in [7, 11) is 0. The van der Waals surface area contributed by atoms with Gasteiger partial charge in [-0.05, 0) is 25.7 Å². The second-order valence-electron chi connectivity index (χ2n) is 5.29. The number of nitrogens with zero attached hydrogens (tertiary/aromatic N) is 3. The van der Waals surface area contributed by atoms with E-state index in [1.807, 2.05) is 13.8 Å². The number of hydrogen-bond acceptors (Lipinski definition) is 6. The van der Waals surface area contributed by atoms with Crippen molar-refractivity contribution in [3.63, 3.8) is 0 Å². The highest BCUT2D eigenvalue weighted by Gasteiger charge is 2.19. The fraction of sp³-hybridized carbons (Fsp3) is 0.692. The van der Waals surface area contributed by atoms with E-state index >= 15 is 0 Å². The van der Waals surface area contributed by atoms with E-state index < -0.39 is 4.92 Å². The normalized spacial score (nSPS) is 12.2. The van der Waals surface area contributed by atoms with Crippen molar-refractivity contribution in [2.75, 3.05) is 17.2 Å². The molecule has 1 heterocycles. The van der Waals surface area contributed by atoms with Crippen LogP contribution < -0.4 is 10.6 Å². The fourth-order valence-corrected chi connectivity index (χ4v) is 1.94. The number of hydrogen-bond donors (Lipinski definition) is 2. The third-order valence-electron chi connectivity index (χ3n) is 2.71. The molecule has 0 bridgehead atoms. The first-order valence-electron chi connectivity index (χ1n) is 6.95. The first kappa shape index (κ1) is 16.1. The highest BCUT2D eigenvalue weighted by molar-refractivity contribution is 5.57. The average molecular weight is 281 g/mol. The highest BCUT2D eigenvalue weighted by atomic mass is 16.6. The van der Waals surface area contributed by atoms with E-state index in [9.17, 15) is 10.1 Å². The van der Waals surface area contributed by atoms with Crippen LogP contribution in [0.2, 0.25) is 0 Å². The summed E-state index contributed by atoms with van der Waals surface area (Å²) in [5.41, 5.74) is -0.0948. The Morgan fingerprint density at radius 1 is 1.40 bits per heavy atom. The minimum absolute atomic E-state index is 0.0948. The van der Waals surface area contributed by atoms with E-state index in [-0.39, 0.29) is 17.5 Å². The second kappa shape index (κ2) is 7.62. The standard InChI is InChI=1S/C13H23N5O2/c1-5-6-14-13-15-8-11(18(19)20)12(17-13)16-10(4)7-9(2)3/h8-10H,5-7H2,1-4H3,(H2,14,15,16,17). The van der Waals surface area contributed by atoms with Crippen molar-refractivity contribution in [2.45, 2.75) is 46.6 Å². The van der Waals surface area contributed by atoms with Gasteiger partial charge in [-0.15, -0.1) is 0 Å². The largest absolute Gasteiger partial charge is 0.362 e. The maximum atomic E-state index is 11.0. The van der Waals surface area contributed by atoms with Crippen molar-refractivity contribution < 1.29 is 4.92 Å². The summed E-state index contributed by atoms with van der Waals surface area (Å²) in [5, 5.41) is 17.2. The van der Waals surface area contributed by atoms with E-state index in [1.54, 1.807) is 0 Å². The molecule has 1 atom stereocenters. The topological polar surface area (TPSA) is 93.0 Å². The Labute approximate surface area is 119 Å². The van der Waals surface area contributed by atoms with Gasteiger partial charge in [0.15, 0.2) is 0 Å². The Morgan fingerprint density at radius 2 is 2.10 bits per heavy atom. The molecule has 0 amide bonds. The number of nitro groups is 1. The summed E-state index contributed by atoms with van der Waals surface area (Å²) in [6, 6.07) is 0.114. The van der Waals surface area contributed by atoms with Crippen molar-refractivity contribution in [1.29, 1.82) is 0 Å². The van der Waals surface area contributed by atoms with Gasteiger partial charge in [-0.25, -0.2) is 4.98 Å². The molecule has 0 fully saturated rings. The van der Waals surface area contributed by atoms with Crippen molar-refractivity contribution >= 4 is 17.5 Å². The molecule has 0 spiro atoms. The minimum atomic E-state index is -0.464. The summed E-state index contributed by atoms with van der Waals surface area (Å²) in [6.07, 6.45) is 3.10. The average Bonchev–Trinajstić information content (AvgIpc) is 2.35. The summed E-state index contributed by atoms with van der Waals surface area (Å²) < 4.78 is 0. The molecule has 1 rings (SSSR count). The molecule has 7 nitrogen and oxygen atoms in total. The number of aromatic nitrogens is 2. The third-order valence-corrected chi connectivity index (χ3v) is 2.71. The lowest BCUT2D eigenvalue weighted by Crippen LogP contribution is -2.20. The van der Waals surface area contributed by atoms with Gasteiger partial charge < -0.3 is 10.6 Å². The van der Waals surface area contributed by atoms with E-state index in [1.165, 1.54) is 6.20 Å². The quantitative estimate of drug-likeness (QED) is 0.562. The molecule has 2 N–H and O–H groups in total. The Balaban J connectivity index is 2.90. The molecule has 0 aliphatic heterocycles. The maximum absolute atomic E-state index is 11.0. The van der Waals surface area contributed by atoms with Crippen molar-refractivity contribution in [1.82, 2.24) is 9.97 Å². The number of nitrogens with one attached hydrogen (secondary N) is 2. The summed E-state index contributed by atoms with van der Waals surface area (Å²) >= 11 is 0. The van der Waals surface area contributed by atoms with Crippen LogP contribution in [0.1, 0.15) is 40.5 Å². The van der Waals surface area contributed by atoms with Gasteiger partial charge >= 0.3 is 5.69 Å². The van der Waals surface area contributed by atoms with Crippen LogP contribution in [0.5, 0.6) is 0 Å². The molecule has 1 aromatic heterocycles. The second-order valence-corrected chi connectivity index (χ2v) is 5.29. The lowest BCUT2D eigenvalue weighted by atomic mass is 10.1. The monoisotopic (exact) mass is 281 g/mol. The molecule has 1 unspecified atom stereocenters. The van der Waals surface area contributed by atoms with Gasteiger partial charge in [-0.3, -0.25) is 10.1 Å².